The molecular weight excluding hydrogens is 253 g/mol. The molecule has 0 unspecified atom stereocenters. The van der Waals surface area contributed by atoms with Crippen molar-refractivity contribution < 1.29 is 4.39 Å². The van der Waals surface area contributed by atoms with Crippen LogP contribution in [0, 0.1) is 26.6 Å². The van der Waals surface area contributed by atoms with Gasteiger partial charge in [0.1, 0.15) is 5.82 Å². The molecule has 1 heterocycles. The van der Waals surface area contributed by atoms with Crippen LogP contribution < -0.4 is 5.32 Å². The van der Waals surface area contributed by atoms with Crippen LogP contribution in [0.15, 0.2) is 18.2 Å². The Morgan fingerprint density at radius 3 is 2.60 bits per heavy atom. The monoisotopic (exact) mass is 275 g/mol. The Labute approximate surface area is 119 Å². The fourth-order valence-corrected chi connectivity index (χ4v) is 2.26. The zero-order valence-electron chi connectivity index (χ0n) is 12.6. The van der Waals surface area contributed by atoms with Gasteiger partial charge in [0.05, 0.1) is 11.4 Å². The second kappa shape index (κ2) is 6.18. The van der Waals surface area contributed by atoms with Gasteiger partial charge in [-0.3, -0.25) is 0 Å². The third-order valence-electron chi connectivity index (χ3n) is 3.67. The summed E-state index contributed by atoms with van der Waals surface area (Å²) in [7, 11) is 0. The number of halogens is 1. The Balaban J connectivity index is 2.42. The number of hydrogen-bond donors (Lipinski definition) is 1. The minimum atomic E-state index is -0.208. The summed E-state index contributed by atoms with van der Waals surface area (Å²) >= 11 is 0. The average Bonchev–Trinajstić information content (AvgIpc) is 2.67. The normalized spacial score (nSPS) is 11.1. The van der Waals surface area contributed by atoms with Gasteiger partial charge in [-0.15, -0.1) is 0 Å². The summed E-state index contributed by atoms with van der Waals surface area (Å²) in [6.07, 6.45) is 1.06. The summed E-state index contributed by atoms with van der Waals surface area (Å²) in [6.45, 7) is 9.79. The molecule has 0 atom stereocenters. The first-order valence-corrected chi connectivity index (χ1v) is 7.07. The van der Waals surface area contributed by atoms with Crippen LogP contribution in [-0.4, -0.2) is 16.3 Å². The topological polar surface area (TPSA) is 29.9 Å². The molecule has 1 N–H and O–H groups in total. The van der Waals surface area contributed by atoms with E-state index in [9.17, 15) is 4.39 Å². The van der Waals surface area contributed by atoms with Crippen LogP contribution >= 0.6 is 0 Å². The van der Waals surface area contributed by atoms with Crippen molar-refractivity contribution in [1.82, 2.24) is 15.1 Å². The van der Waals surface area contributed by atoms with Gasteiger partial charge in [-0.2, -0.15) is 5.10 Å². The van der Waals surface area contributed by atoms with Crippen LogP contribution in [0.2, 0.25) is 0 Å². The lowest BCUT2D eigenvalue weighted by atomic mass is 10.1. The SMILES string of the molecule is CCCNCc1cc(F)ccc1-n1nc(C)c(C)c1C. The summed E-state index contributed by atoms with van der Waals surface area (Å²) < 4.78 is 15.4. The quantitative estimate of drug-likeness (QED) is 0.847. The molecule has 1 aromatic heterocycles. The largest absolute Gasteiger partial charge is 0.313 e. The number of rotatable bonds is 5. The van der Waals surface area contributed by atoms with E-state index in [1.807, 2.05) is 18.5 Å². The molecule has 0 radical (unpaired) electrons. The molecule has 1 aromatic carbocycles. The van der Waals surface area contributed by atoms with Gasteiger partial charge in [0.15, 0.2) is 0 Å². The van der Waals surface area contributed by atoms with Gasteiger partial charge in [0, 0.05) is 12.2 Å². The van der Waals surface area contributed by atoms with Crippen molar-refractivity contribution in [3.63, 3.8) is 0 Å². The first kappa shape index (κ1) is 14.7. The maximum absolute atomic E-state index is 13.5. The summed E-state index contributed by atoms with van der Waals surface area (Å²) in [5.41, 5.74) is 5.18. The summed E-state index contributed by atoms with van der Waals surface area (Å²) in [5, 5.41) is 7.89. The van der Waals surface area contributed by atoms with Gasteiger partial charge in [-0.1, -0.05) is 6.92 Å². The standard InChI is InChI=1S/C16H22FN3/c1-5-8-18-10-14-9-15(17)6-7-16(14)20-13(4)11(2)12(3)19-20/h6-7,9,18H,5,8,10H2,1-4H3. The molecule has 2 aromatic rings. The lowest BCUT2D eigenvalue weighted by Crippen LogP contribution is -2.16. The smallest absolute Gasteiger partial charge is 0.123 e. The molecule has 108 valence electrons. The zero-order chi connectivity index (χ0) is 14.7. The molecule has 4 heteroatoms. The zero-order valence-corrected chi connectivity index (χ0v) is 12.6. The molecule has 20 heavy (non-hydrogen) atoms. The van der Waals surface area contributed by atoms with E-state index >= 15 is 0 Å². The maximum atomic E-state index is 13.5. The minimum absolute atomic E-state index is 0.208. The van der Waals surface area contributed by atoms with Crippen molar-refractivity contribution in [3.8, 4) is 5.69 Å². The number of nitrogens with one attached hydrogen (secondary N) is 1. The molecule has 2 rings (SSSR count). The molecule has 0 amide bonds. The highest BCUT2D eigenvalue weighted by atomic mass is 19.1. The van der Waals surface area contributed by atoms with Crippen LogP contribution in [0.25, 0.3) is 5.69 Å². The predicted octanol–water partition coefficient (Wildman–Crippen LogP) is 3.44. The van der Waals surface area contributed by atoms with Gasteiger partial charge in [-0.05, 0) is 63.1 Å². The van der Waals surface area contributed by atoms with Crippen molar-refractivity contribution in [3.05, 3.63) is 46.5 Å². The highest BCUT2D eigenvalue weighted by molar-refractivity contribution is 5.43. The highest BCUT2D eigenvalue weighted by Crippen LogP contribution is 2.21. The van der Waals surface area contributed by atoms with Crippen molar-refractivity contribution >= 4 is 0 Å². The van der Waals surface area contributed by atoms with E-state index in [2.05, 4.69) is 24.3 Å². The first-order valence-electron chi connectivity index (χ1n) is 7.07. The number of benzene rings is 1. The molecule has 0 bridgehead atoms. The Bertz CT molecular complexity index is 602. The van der Waals surface area contributed by atoms with E-state index in [0.29, 0.717) is 6.54 Å². The van der Waals surface area contributed by atoms with Crippen LogP contribution in [0.5, 0.6) is 0 Å². The first-order chi connectivity index (χ1) is 9.54. The van der Waals surface area contributed by atoms with E-state index < -0.39 is 0 Å². The number of aryl methyl sites for hydroxylation is 1. The van der Waals surface area contributed by atoms with Crippen LogP contribution in [0.4, 0.5) is 4.39 Å². The Morgan fingerprint density at radius 1 is 1.25 bits per heavy atom. The second-order valence-electron chi connectivity index (χ2n) is 5.16. The summed E-state index contributed by atoms with van der Waals surface area (Å²) in [6, 6.07) is 4.88. The van der Waals surface area contributed by atoms with E-state index in [1.54, 1.807) is 12.1 Å². The van der Waals surface area contributed by atoms with Crippen molar-refractivity contribution in [2.24, 2.45) is 0 Å². The van der Waals surface area contributed by atoms with Gasteiger partial charge >= 0.3 is 0 Å². The van der Waals surface area contributed by atoms with Crippen molar-refractivity contribution in [1.29, 1.82) is 0 Å². The van der Waals surface area contributed by atoms with Crippen molar-refractivity contribution in [2.45, 2.75) is 40.7 Å². The molecule has 0 aliphatic heterocycles. The van der Waals surface area contributed by atoms with Crippen molar-refractivity contribution in [2.75, 3.05) is 6.54 Å². The molecule has 0 spiro atoms. The maximum Gasteiger partial charge on any atom is 0.123 e. The molecule has 0 aliphatic carbocycles. The van der Waals surface area contributed by atoms with Crippen LogP contribution in [0.3, 0.4) is 0 Å². The molecule has 0 saturated heterocycles. The molecule has 3 nitrogen and oxygen atoms in total. The van der Waals surface area contributed by atoms with Crippen LogP contribution in [0.1, 0.15) is 35.9 Å². The van der Waals surface area contributed by atoms with Gasteiger partial charge in [0.2, 0.25) is 0 Å². The highest BCUT2D eigenvalue weighted by Gasteiger charge is 2.12. The summed E-state index contributed by atoms with van der Waals surface area (Å²) in [5.74, 6) is -0.208. The third-order valence-corrected chi connectivity index (χ3v) is 3.67. The number of aromatic nitrogens is 2. The third kappa shape index (κ3) is 2.90. The molecule has 0 fully saturated rings. The van der Waals surface area contributed by atoms with Gasteiger partial charge < -0.3 is 5.32 Å². The second-order valence-corrected chi connectivity index (χ2v) is 5.16. The van der Waals surface area contributed by atoms with E-state index in [4.69, 9.17) is 0 Å². The average molecular weight is 275 g/mol. The lowest BCUT2D eigenvalue weighted by Gasteiger charge is -2.12. The fraction of sp³-hybridized carbons (Fsp3) is 0.438. The van der Waals surface area contributed by atoms with Crippen LogP contribution in [-0.2, 0) is 6.54 Å². The Morgan fingerprint density at radius 2 is 2.00 bits per heavy atom. The van der Waals surface area contributed by atoms with Gasteiger partial charge in [-0.25, -0.2) is 9.07 Å². The van der Waals surface area contributed by atoms with E-state index in [1.165, 1.54) is 11.6 Å². The van der Waals surface area contributed by atoms with Gasteiger partial charge in [0.25, 0.3) is 0 Å². The Kier molecular flexibility index (Phi) is 4.55. The Hall–Kier alpha value is -1.68. The molecule has 0 aliphatic rings. The van der Waals surface area contributed by atoms with E-state index in [0.717, 1.165) is 35.6 Å². The molecule has 0 saturated carbocycles. The minimum Gasteiger partial charge on any atom is -0.313 e. The summed E-state index contributed by atoms with van der Waals surface area (Å²) in [4.78, 5) is 0. The predicted molar refractivity (Wildman–Crippen MR) is 79.7 cm³/mol. The fourth-order valence-electron chi connectivity index (χ4n) is 2.26. The number of hydrogen-bond acceptors (Lipinski definition) is 2. The number of nitrogens with zero attached hydrogens (tertiary/aromatic N) is 2. The van der Waals surface area contributed by atoms with E-state index in [-0.39, 0.29) is 5.82 Å². The lowest BCUT2D eigenvalue weighted by molar-refractivity contribution is 0.616. The molecular formula is C16H22FN3.